The lowest BCUT2D eigenvalue weighted by Gasteiger charge is -1.99. The smallest absolute Gasteiger partial charge is 0.168 e. The molecule has 0 aliphatic heterocycles. The Kier molecular flexibility index (Phi) is 7.47. The molecule has 0 atom stereocenters. The minimum absolute atomic E-state index is 0.479. The van der Waals surface area contributed by atoms with Crippen LogP contribution in [0.4, 0.5) is 0 Å². The van der Waals surface area contributed by atoms with Crippen LogP contribution in [0.1, 0.15) is 10.5 Å². The first-order valence-corrected chi connectivity index (χ1v) is 6.18. The zero-order valence-electron chi connectivity index (χ0n) is 10.0. The molecule has 0 aliphatic rings. The molecule has 5 heteroatoms. The number of aldehydes is 1. The van der Waals surface area contributed by atoms with E-state index in [0.717, 1.165) is 6.29 Å². The van der Waals surface area contributed by atoms with Crippen molar-refractivity contribution in [3.8, 4) is 0 Å². The number of nitrogens with zero attached hydrogens (tertiary/aromatic N) is 1. The molecule has 4 nitrogen and oxygen atoms in total. The molecule has 1 aromatic carbocycles. The summed E-state index contributed by atoms with van der Waals surface area (Å²) in [5, 5.41) is 0. The van der Waals surface area contributed by atoms with E-state index in [-0.39, 0.29) is 0 Å². The summed E-state index contributed by atoms with van der Waals surface area (Å²) in [5.41, 5.74) is 3.31. The first-order valence-electron chi connectivity index (χ1n) is 5.36. The number of carbonyl (C=O) groups is 1. The molecular formula is C13H15N3OS. The molecule has 2 N–H and O–H groups in total. The number of benzene rings is 1. The molecule has 2 aromatic rings. The molecule has 0 saturated carbocycles. The van der Waals surface area contributed by atoms with Gasteiger partial charge < -0.3 is 0 Å². The van der Waals surface area contributed by atoms with Crippen LogP contribution in [0, 0.1) is 0 Å². The Hall–Kier alpha value is -1.69. The predicted molar refractivity (Wildman–Crippen MR) is 74.1 cm³/mol. The average molecular weight is 261 g/mol. The molecule has 1 aromatic heterocycles. The minimum atomic E-state index is 0.479. The van der Waals surface area contributed by atoms with E-state index < -0.39 is 0 Å². The second-order valence-electron chi connectivity index (χ2n) is 3.14. The zero-order valence-corrected chi connectivity index (χ0v) is 10.9. The average Bonchev–Trinajstić information content (AvgIpc) is 2.48. The van der Waals surface area contributed by atoms with E-state index >= 15 is 0 Å². The molecule has 0 fully saturated rings. The lowest BCUT2D eigenvalue weighted by Crippen LogP contribution is -2.18. The summed E-state index contributed by atoms with van der Waals surface area (Å²) in [4.78, 5) is 17.8. The van der Waals surface area contributed by atoms with Crippen molar-refractivity contribution in [3.63, 3.8) is 0 Å². The van der Waals surface area contributed by atoms with Crippen LogP contribution in [0.3, 0.4) is 0 Å². The van der Waals surface area contributed by atoms with Gasteiger partial charge in [0.25, 0.3) is 0 Å². The standard InChI is InChI=1S/C7H10N2S.C6H5NO/c1-8-9-10-7-5-3-2-4-6-7;8-5-6-3-1-2-4-7-6/h2-6,8-9H,1H3;1-5H. The van der Waals surface area contributed by atoms with E-state index in [1.54, 1.807) is 36.3 Å². The largest absolute Gasteiger partial charge is 0.296 e. The van der Waals surface area contributed by atoms with Gasteiger partial charge in [-0.25, -0.2) is 0 Å². The second kappa shape index (κ2) is 9.35. The highest BCUT2D eigenvalue weighted by Crippen LogP contribution is 2.11. The summed E-state index contributed by atoms with van der Waals surface area (Å²) in [6.07, 6.45) is 2.31. The SMILES string of the molecule is CNNSc1ccccc1.O=Cc1ccccn1. The maximum absolute atomic E-state index is 9.94. The number of hydrogen-bond acceptors (Lipinski definition) is 5. The highest BCUT2D eigenvalue weighted by atomic mass is 32.2. The third-order valence-corrected chi connectivity index (χ3v) is 2.64. The van der Waals surface area contributed by atoms with E-state index in [0.29, 0.717) is 5.69 Å². The Bertz CT molecular complexity index is 437. The third kappa shape index (κ3) is 6.15. The number of pyridine rings is 1. The van der Waals surface area contributed by atoms with Crippen molar-refractivity contribution in [1.29, 1.82) is 0 Å². The third-order valence-electron chi connectivity index (χ3n) is 1.82. The molecule has 2 rings (SSSR count). The number of carbonyl (C=O) groups excluding carboxylic acids is 1. The van der Waals surface area contributed by atoms with Crippen LogP contribution in [0.5, 0.6) is 0 Å². The van der Waals surface area contributed by atoms with Crippen LogP contribution in [0.2, 0.25) is 0 Å². The van der Waals surface area contributed by atoms with Crippen LogP contribution in [0.15, 0.2) is 59.6 Å². The molecule has 94 valence electrons. The van der Waals surface area contributed by atoms with Crippen LogP contribution in [0.25, 0.3) is 0 Å². The fourth-order valence-corrected chi connectivity index (χ4v) is 1.56. The highest BCUT2D eigenvalue weighted by molar-refractivity contribution is 7.97. The predicted octanol–water partition coefficient (Wildman–Crippen LogP) is 2.31. The number of hydrazine groups is 1. The van der Waals surface area contributed by atoms with E-state index in [1.165, 1.54) is 4.90 Å². The first kappa shape index (κ1) is 14.4. The maximum Gasteiger partial charge on any atom is 0.168 e. The van der Waals surface area contributed by atoms with Gasteiger partial charge in [0.15, 0.2) is 6.29 Å². The molecule has 18 heavy (non-hydrogen) atoms. The quantitative estimate of drug-likeness (QED) is 0.502. The van der Waals surface area contributed by atoms with Gasteiger partial charge in [0.1, 0.15) is 5.69 Å². The Morgan fingerprint density at radius 3 is 2.33 bits per heavy atom. The minimum Gasteiger partial charge on any atom is -0.296 e. The van der Waals surface area contributed by atoms with E-state index in [4.69, 9.17) is 0 Å². The van der Waals surface area contributed by atoms with E-state index in [2.05, 4.69) is 27.4 Å². The van der Waals surface area contributed by atoms with Gasteiger partial charge in [-0.2, -0.15) is 4.83 Å². The molecule has 1 heterocycles. The molecule has 0 spiro atoms. The van der Waals surface area contributed by atoms with Gasteiger partial charge in [-0.15, -0.1) is 0 Å². The summed E-state index contributed by atoms with van der Waals surface area (Å²) < 4.78 is 0. The van der Waals surface area contributed by atoms with Gasteiger partial charge in [0.2, 0.25) is 0 Å². The lowest BCUT2D eigenvalue weighted by molar-refractivity contribution is 0.111. The van der Waals surface area contributed by atoms with Crippen molar-refractivity contribution in [1.82, 2.24) is 15.2 Å². The van der Waals surface area contributed by atoms with E-state index in [9.17, 15) is 4.79 Å². The molecule has 0 saturated heterocycles. The zero-order chi connectivity index (χ0) is 13.1. The van der Waals surface area contributed by atoms with Gasteiger partial charge in [0.05, 0.1) is 0 Å². The summed E-state index contributed by atoms with van der Waals surface area (Å²) in [6.45, 7) is 0. The molecule has 0 radical (unpaired) electrons. The van der Waals surface area contributed by atoms with Crippen LogP contribution >= 0.6 is 11.9 Å². The summed E-state index contributed by atoms with van der Waals surface area (Å²) >= 11 is 1.56. The van der Waals surface area contributed by atoms with Gasteiger partial charge >= 0.3 is 0 Å². The topological polar surface area (TPSA) is 54.0 Å². The molecule has 0 unspecified atom stereocenters. The molecule has 0 bridgehead atoms. The Morgan fingerprint density at radius 2 is 1.83 bits per heavy atom. The maximum atomic E-state index is 9.94. The Morgan fingerprint density at radius 1 is 1.11 bits per heavy atom. The van der Waals surface area contributed by atoms with Crippen LogP contribution < -0.4 is 10.3 Å². The van der Waals surface area contributed by atoms with Crippen molar-refractivity contribution < 1.29 is 4.79 Å². The molecule has 0 aliphatic carbocycles. The van der Waals surface area contributed by atoms with Gasteiger partial charge in [-0.3, -0.25) is 15.2 Å². The number of aromatic nitrogens is 1. The first-order chi connectivity index (χ1) is 8.86. The summed E-state index contributed by atoms with van der Waals surface area (Å²) in [7, 11) is 1.84. The van der Waals surface area contributed by atoms with Crippen molar-refractivity contribution in [3.05, 3.63) is 60.4 Å². The van der Waals surface area contributed by atoms with Crippen molar-refractivity contribution in [2.24, 2.45) is 0 Å². The lowest BCUT2D eigenvalue weighted by atomic mass is 10.4. The monoisotopic (exact) mass is 261 g/mol. The summed E-state index contributed by atoms with van der Waals surface area (Å²) in [5.74, 6) is 0. The van der Waals surface area contributed by atoms with Crippen molar-refractivity contribution in [2.45, 2.75) is 4.90 Å². The van der Waals surface area contributed by atoms with Crippen LogP contribution in [-0.2, 0) is 0 Å². The number of nitrogens with one attached hydrogen (secondary N) is 2. The van der Waals surface area contributed by atoms with Crippen molar-refractivity contribution in [2.75, 3.05) is 7.05 Å². The van der Waals surface area contributed by atoms with E-state index in [1.807, 2.05) is 25.2 Å². The fraction of sp³-hybridized carbons (Fsp3) is 0.0769. The van der Waals surface area contributed by atoms with Gasteiger partial charge in [0, 0.05) is 11.1 Å². The molecular weight excluding hydrogens is 246 g/mol. The van der Waals surface area contributed by atoms with Crippen LogP contribution in [-0.4, -0.2) is 18.3 Å². The summed E-state index contributed by atoms with van der Waals surface area (Å²) in [6, 6.07) is 15.3. The highest BCUT2D eigenvalue weighted by Gasteiger charge is 1.86. The van der Waals surface area contributed by atoms with Gasteiger partial charge in [-0.05, 0) is 43.3 Å². The number of rotatable bonds is 4. The van der Waals surface area contributed by atoms with Crippen molar-refractivity contribution >= 4 is 18.2 Å². The number of hydrogen-bond donors (Lipinski definition) is 2. The van der Waals surface area contributed by atoms with Gasteiger partial charge in [-0.1, -0.05) is 24.3 Å². The second-order valence-corrected chi connectivity index (χ2v) is 4.02. The molecule has 0 amide bonds. The fourth-order valence-electron chi connectivity index (χ4n) is 1.04. The Balaban J connectivity index is 0.000000184. The normalized spacial score (nSPS) is 9.17. The Labute approximate surface area is 111 Å².